The zero-order valence-corrected chi connectivity index (χ0v) is 17.2. The van der Waals surface area contributed by atoms with Gasteiger partial charge < -0.3 is 0 Å². The van der Waals surface area contributed by atoms with Gasteiger partial charge in [0.25, 0.3) is 17.4 Å². The predicted octanol–water partition coefficient (Wildman–Crippen LogP) is 2.92. The summed E-state index contributed by atoms with van der Waals surface area (Å²) in [6, 6.07) is 15.6. The number of rotatable bonds is 5. The van der Waals surface area contributed by atoms with E-state index < -0.39 is 17.1 Å². The highest BCUT2D eigenvalue weighted by atomic mass is 32.2. The van der Waals surface area contributed by atoms with Crippen molar-refractivity contribution < 1.29 is 9.59 Å². The molecular weight excluding hydrogens is 388 g/mol. The Morgan fingerprint density at radius 3 is 2.31 bits per heavy atom. The number of carbonyl (C=O) groups is 2. The van der Waals surface area contributed by atoms with Crippen molar-refractivity contribution in [1.29, 1.82) is 0 Å². The third-order valence-corrected chi connectivity index (χ3v) is 5.34. The van der Waals surface area contributed by atoms with Gasteiger partial charge in [0.05, 0.1) is 16.2 Å². The van der Waals surface area contributed by atoms with Crippen LogP contribution in [0, 0.1) is 0 Å². The van der Waals surface area contributed by atoms with Gasteiger partial charge in [-0.1, -0.05) is 42.1 Å². The second-order valence-electron chi connectivity index (χ2n) is 6.75. The van der Waals surface area contributed by atoms with Crippen LogP contribution in [-0.4, -0.2) is 26.6 Å². The number of para-hydroxylation sites is 1. The van der Waals surface area contributed by atoms with E-state index in [1.165, 1.54) is 11.8 Å². The van der Waals surface area contributed by atoms with Gasteiger partial charge in [0.15, 0.2) is 5.16 Å². The van der Waals surface area contributed by atoms with Crippen molar-refractivity contribution in [2.24, 2.45) is 0 Å². The van der Waals surface area contributed by atoms with E-state index in [1.807, 2.05) is 19.9 Å². The fraction of sp³-hybridized carbons (Fsp3) is 0.238. The number of hydrogen-bond donors (Lipinski definition) is 2. The van der Waals surface area contributed by atoms with E-state index >= 15 is 0 Å². The van der Waals surface area contributed by atoms with E-state index in [0.29, 0.717) is 21.6 Å². The van der Waals surface area contributed by atoms with Crippen LogP contribution >= 0.6 is 11.8 Å². The number of benzene rings is 2. The van der Waals surface area contributed by atoms with Gasteiger partial charge in [-0.05, 0) is 45.0 Å². The van der Waals surface area contributed by atoms with E-state index in [2.05, 4.69) is 15.8 Å². The molecule has 0 spiro atoms. The number of hydrazine groups is 1. The molecular formula is C21H22N4O3S. The first kappa shape index (κ1) is 20.6. The van der Waals surface area contributed by atoms with Crippen LogP contribution in [0.4, 0.5) is 0 Å². The zero-order chi connectivity index (χ0) is 21.0. The monoisotopic (exact) mass is 410 g/mol. The molecule has 8 heteroatoms. The first-order chi connectivity index (χ1) is 13.9. The Morgan fingerprint density at radius 2 is 1.62 bits per heavy atom. The molecule has 0 unspecified atom stereocenters. The zero-order valence-electron chi connectivity index (χ0n) is 16.4. The molecule has 0 radical (unpaired) electrons. The molecule has 3 aromatic rings. The fourth-order valence-electron chi connectivity index (χ4n) is 2.76. The molecule has 0 aliphatic heterocycles. The minimum absolute atomic E-state index is 0.116. The molecule has 2 aromatic carbocycles. The minimum atomic E-state index is -0.580. The van der Waals surface area contributed by atoms with Crippen LogP contribution in [0.3, 0.4) is 0 Å². The predicted molar refractivity (Wildman–Crippen MR) is 114 cm³/mol. The summed E-state index contributed by atoms with van der Waals surface area (Å²) in [4.78, 5) is 42.0. The normalized spacial score (nSPS) is 12.0. The number of amides is 2. The lowest BCUT2D eigenvalue weighted by atomic mass is 10.2. The van der Waals surface area contributed by atoms with Gasteiger partial charge in [0, 0.05) is 11.6 Å². The van der Waals surface area contributed by atoms with Gasteiger partial charge >= 0.3 is 0 Å². The van der Waals surface area contributed by atoms with Crippen LogP contribution < -0.4 is 16.4 Å². The quantitative estimate of drug-likeness (QED) is 0.383. The number of fused-ring (bicyclic) bond motifs is 1. The molecule has 0 bridgehead atoms. The van der Waals surface area contributed by atoms with E-state index in [0.717, 1.165) is 0 Å². The van der Waals surface area contributed by atoms with E-state index in [1.54, 1.807) is 60.0 Å². The third-order valence-electron chi connectivity index (χ3n) is 4.28. The second kappa shape index (κ2) is 8.91. The maximum atomic E-state index is 12.9. The van der Waals surface area contributed by atoms with Crippen molar-refractivity contribution >= 4 is 34.5 Å². The SMILES string of the molecule is CC(C)n1c(S[C@@H](C)C(=O)NNC(=O)c2ccccc2)nc2ccccc2c1=O. The fourth-order valence-corrected chi connectivity index (χ4v) is 3.80. The van der Waals surface area contributed by atoms with Crippen LogP contribution in [0.2, 0.25) is 0 Å². The minimum Gasteiger partial charge on any atom is -0.285 e. The summed E-state index contributed by atoms with van der Waals surface area (Å²) >= 11 is 1.17. The van der Waals surface area contributed by atoms with Crippen molar-refractivity contribution in [2.75, 3.05) is 0 Å². The Labute approximate surface area is 172 Å². The Kier molecular flexibility index (Phi) is 6.33. The van der Waals surface area contributed by atoms with Crippen molar-refractivity contribution in [3.63, 3.8) is 0 Å². The first-order valence-electron chi connectivity index (χ1n) is 9.21. The maximum Gasteiger partial charge on any atom is 0.269 e. The highest BCUT2D eigenvalue weighted by Gasteiger charge is 2.21. The largest absolute Gasteiger partial charge is 0.285 e. The number of aromatic nitrogens is 2. The van der Waals surface area contributed by atoms with E-state index in [4.69, 9.17) is 0 Å². The molecule has 150 valence electrons. The molecule has 2 amide bonds. The molecule has 1 heterocycles. The summed E-state index contributed by atoms with van der Waals surface area (Å²) in [6.45, 7) is 5.49. The van der Waals surface area contributed by atoms with Gasteiger partial charge in [-0.25, -0.2) is 4.98 Å². The van der Waals surface area contributed by atoms with Crippen molar-refractivity contribution in [1.82, 2.24) is 20.4 Å². The Hall–Kier alpha value is -3.13. The number of nitrogens with zero attached hydrogens (tertiary/aromatic N) is 2. The molecule has 2 N–H and O–H groups in total. The Balaban J connectivity index is 1.76. The van der Waals surface area contributed by atoms with Crippen LogP contribution in [0.25, 0.3) is 10.9 Å². The lowest BCUT2D eigenvalue weighted by molar-refractivity contribution is -0.121. The van der Waals surface area contributed by atoms with Gasteiger partial charge in [-0.3, -0.25) is 29.8 Å². The molecule has 0 saturated carbocycles. The number of carbonyl (C=O) groups excluding carboxylic acids is 2. The summed E-state index contributed by atoms with van der Waals surface area (Å²) in [7, 11) is 0. The average molecular weight is 410 g/mol. The lowest BCUT2D eigenvalue weighted by Crippen LogP contribution is -2.45. The average Bonchev–Trinajstić information content (AvgIpc) is 2.72. The summed E-state index contributed by atoms with van der Waals surface area (Å²) in [5, 5.41) is 0.419. The van der Waals surface area contributed by atoms with Crippen molar-refractivity contribution in [3.05, 3.63) is 70.5 Å². The third kappa shape index (κ3) is 4.65. The smallest absolute Gasteiger partial charge is 0.269 e. The first-order valence-corrected chi connectivity index (χ1v) is 10.1. The highest BCUT2D eigenvalue weighted by molar-refractivity contribution is 8.00. The van der Waals surface area contributed by atoms with Gasteiger partial charge in [0.1, 0.15) is 0 Å². The molecule has 0 aliphatic rings. The molecule has 1 atom stereocenters. The van der Waals surface area contributed by atoms with Crippen LogP contribution in [0.1, 0.15) is 37.2 Å². The molecule has 0 fully saturated rings. The standard InChI is InChI=1S/C21H22N4O3S/c1-13(2)25-20(28)16-11-7-8-12-17(16)22-21(25)29-14(3)18(26)23-24-19(27)15-9-5-4-6-10-15/h4-14H,1-3H3,(H,23,26)(H,24,27)/t14-/m0/s1. The second-order valence-corrected chi connectivity index (χ2v) is 8.06. The molecule has 3 rings (SSSR count). The van der Waals surface area contributed by atoms with E-state index in [-0.39, 0.29) is 11.6 Å². The number of hydrogen-bond acceptors (Lipinski definition) is 5. The summed E-state index contributed by atoms with van der Waals surface area (Å²) in [5.74, 6) is -0.795. The molecule has 0 saturated heterocycles. The molecule has 7 nitrogen and oxygen atoms in total. The van der Waals surface area contributed by atoms with E-state index in [9.17, 15) is 14.4 Å². The Bertz CT molecular complexity index is 1100. The topological polar surface area (TPSA) is 93.1 Å². The number of thioether (sulfide) groups is 1. The van der Waals surface area contributed by atoms with Crippen LogP contribution in [0.15, 0.2) is 64.5 Å². The molecule has 0 aliphatic carbocycles. The summed E-state index contributed by atoms with van der Waals surface area (Å²) in [6.07, 6.45) is 0. The summed E-state index contributed by atoms with van der Waals surface area (Å²) < 4.78 is 1.58. The molecule has 1 aromatic heterocycles. The van der Waals surface area contributed by atoms with Crippen LogP contribution in [-0.2, 0) is 4.79 Å². The highest BCUT2D eigenvalue weighted by Crippen LogP contribution is 2.24. The summed E-state index contributed by atoms with van der Waals surface area (Å²) in [5.41, 5.74) is 5.72. The lowest BCUT2D eigenvalue weighted by Gasteiger charge is -2.18. The van der Waals surface area contributed by atoms with Crippen LogP contribution in [0.5, 0.6) is 0 Å². The molecule has 29 heavy (non-hydrogen) atoms. The van der Waals surface area contributed by atoms with Crippen molar-refractivity contribution in [2.45, 2.75) is 37.2 Å². The van der Waals surface area contributed by atoms with Crippen molar-refractivity contribution in [3.8, 4) is 0 Å². The van der Waals surface area contributed by atoms with Gasteiger partial charge in [-0.15, -0.1) is 0 Å². The van der Waals surface area contributed by atoms with Gasteiger partial charge in [-0.2, -0.15) is 0 Å². The Morgan fingerprint density at radius 1 is 0.966 bits per heavy atom. The van der Waals surface area contributed by atoms with Gasteiger partial charge in [0.2, 0.25) is 0 Å². The maximum absolute atomic E-state index is 12.9. The number of nitrogens with one attached hydrogen (secondary N) is 2.